The van der Waals surface area contributed by atoms with Gasteiger partial charge in [-0.1, -0.05) is 18.2 Å². The third-order valence-corrected chi connectivity index (χ3v) is 7.34. The Hall–Kier alpha value is -2.47. The highest BCUT2D eigenvalue weighted by atomic mass is 19.1. The van der Waals surface area contributed by atoms with Crippen molar-refractivity contribution >= 4 is 5.91 Å². The van der Waals surface area contributed by atoms with Gasteiger partial charge in [0.15, 0.2) is 0 Å². The molecule has 6 heteroatoms. The fourth-order valence-electron chi connectivity index (χ4n) is 6.14. The second-order valence-electron chi connectivity index (χ2n) is 9.28. The summed E-state index contributed by atoms with van der Waals surface area (Å²) in [6.07, 6.45) is 6.33. The maximum Gasteiger partial charge on any atom is 0.223 e. The molecular formula is C25H30FN3O2. The van der Waals surface area contributed by atoms with Crippen LogP contribution in [-0.4, -0.2) is 53.0 Å². The molecule has 4 atom stereocenters. The fraction of sp³-hybridized carbons (Fsp3) is 0.520. The minimum Gasteiger partial charge on any atom is -0.481 e. The van der Waals surface area contributed by atoms with Crippen molar-refractivity contribution in [1.29, 1.82) is 0 Å². The van der Waals surface area contributed by atoms with E-state index in [1.54, 1.807) is 25.4 Å². The molecule has 2 aromatic rings. The van der Waals surface area contributed by atoms with Gasteiger partial charge in [-0.3, -0.25) is 9.69 Å². The molecule has 3 saturated heterocycles. The molecule has 0 radical (unpaired) electrons. The molecular weight excluding hydrogens is 393 g/mol. The number of likely N-dealkylation sites (tertiary alicyclic amines) is 1. The van der Waals surface area contributed by atoms with Gasteiger partial charge in [0, 0.05) is 49.9 Å². The topological polar surface area (TPSA) is 45.7 Å². The molecule has 1 aromatic carbocycles. The van der Waals surface area contributed by atoms with Crippen LogP contribution < -0.4 is 4.74 Å². The van der Waals surface area contributed by atoms with Gasteiger partial charge in [-0.05, 0) is 61.3 Å². The zero-order valence-electron chi connectivity index (χ0n) is 18.0. The number of methoxy groups -OCH3 is 1. The molecule has 3 aliphatic rings. The molecule has 3 aliphatic heterocycles. The predicted molar refractivity (Wildman–Crippen MR) is 116 cm³/mol. The Balaban J connectivity index is 1.41. The van der Waals surface area contributed by atoms with Crippen molar-refractivity contribution in [3.63, 3.8) is 0 Å². The third kappa shape index (κ3) is 4.05. The summed E-state index contributed by atoms with van der Waals surface area (Å²) in [7, 11) is 1.66. The van der Waals surface area contributed by atoms with Crippen LogP contribution in [0, 0.1) is 17.7 Å². The van der Waals surface area contributed by atoms with Crippen molar-refractivity contribution in [2.75, 3.05) is 20.2 Å². The number of carbonyl (C=O) groups is 1. The van der Waals surface area contributed by atoms with Gasteiger partial charge in [0.25, 0.3) is 0 Å². The highest BCUT2D eigenvalue weighted by molar-refractivity contribution is 5.78. The number of fused-ring (bicyclic) bond motifs is 4. The monoisotopic (exact) mass is 423 g/mol. The van der Waals surface area contributed by atoms with Gasteiger partial charge in [0.05, 0.1) is 7.11 Å². The SMILES string of the molecule is COc1ncccc1CN1C[C@H]2C[C@@H](C1)[C@H](Cc1cccc(F)c1)N1C(=O)CCC[C@@H]21. The van der Waals surface area contributed by atoms with Crippen LogP contribution in [0.5, 0.6) is 5.88 Å². The molecule has 164 valence electrons. The molecule has 0 spiro atoms. The molecule has 2 bridgehead atoms. The number of rotatable bonds is 5. The Morgan fingerprint density at radius 2 is 2.06 bits per heavy atom. The Morgan fingerprint density at radius 1 is 1.19 bits per heavy atom. The van der Waals surface area contributed by atoms with Gasteiger partial charge >= 0.3 is 0 Å². The first kappa shape index (κ1) is 20.4. The van der Waals surface area contributed by atoms with E-state index in [0.29, 0.717) is 30.2 Å². The highest BCUT2D eigenvalue weighted by Gasteiger charge is 2.49. The molecule has 3 fully saturated rings. The Kier molecular flexibility index (Phi) is 5.65. The lowest BCUT2D eigenvalue weighted by Crippen LogP contribution is -2.65. The number of pyridine rings is 1. The molecule has 31 heavy (non-hydrogen) atoms. The molecule has 4 heterocycles. The molecule has 5 rings (SSSR count). The number of halogens is 1. The van der Waals surface area contributed by atoms with Gasteiger partial charge in [0.1, 0.15) is 5.82 Å². The zero-order valence-corrected chi connectivity index (χ0v) is 18.0. The Bertz CT molecular complexity index is 952. The molecule has 0 N–H and O–H groups in total. The van der Waals surface area contributed by atoms with Crippen molar-refractivity contribution in [1.82, 2.24) is 14.8 Å². The van der Waals surface area contributed by atoms with Gasteiger partial charge in [-0.2, -0.15) is 0 Å². The second-order valence-corrected chi connectivity index (χ2v) is 9.28. The van der Waals surface area contributed by atoms with Crippen LogP contribution in [0.4, 0.5) is 4.39 Å². The summed E-state index contributed by atoms with van der Waals surface area (Å²) in [6, 6.07) is 11.3. The van der Waals surface area contributed by atoms with Crippen LogP contribution in [0.15, 0.2) is 42.6 Å². The summed E-state index contributed by atoms with van der Waals surface area (Å²) in [4.78, 5) is 22.1. The average molecular weight is 424 g/mol. The first-order valence-electron chi connectivity index (χ1n) is 11.4. The number of hydrogen-bond donors (Lipinski definition) is 0. The fourth-order valence-corrected chi connectivity index (χ4v) is 6.14. The van der Waals surface area contributed by atoms with E-state index in [1.807, 2.05) is 12.1 Å². The van der Waals surface area contributed by atoms with Crippen molar-refractivity contribution in [3.8, 4) is 5.88 Å². The zero-order chi connectivity index (χ0) is 21.4. The van der Waals surface area contributed by atoms with Crippen molar-refractivity contribution in [2.45, 2.75) is 50.7 Å². The largest absolute Gasteiger partial charge is 0.481 e. The van der Waals surface area contributed by atoms with Gasteiger partial charge < -0.3 is 9.64 Å². The normalized spacial score (nSPS) is 28.3. The quantitative estimate of drug-likeness (QED) is 0.736. The summed E-state index contributed by atoms with van der Waals surface area (Å²) >= 11 is 0. The van der Waals surface area contributed by atoms with E-state index in [2.05, 4.69) is 20.9 Å². The summed E-state index contributed by atoms with van der Waals surface area (Å²) in [5.41, 5.74) is 2.08. The number of nitrogens with zero attached hydrogens (tertiary/aromatic N) is 3. The number of ether oxygens (including phenoxy) is 1. The van der Waals surface area contributed by atoms with Crippen LogP contribution in [0.2, 0.25) is 0 Å². The maximum absolute atomic E-state index is 13.9. The van der Waals surface area contributed by atoms with E-state index in [1.165, 1.54) is 6.07 Å². The number of benzene rings is 1. The van der Waals surface area contributed by atoms with E-state index in [-0.39, 0.29) is 17.8 Å². The van der Waals surface area contributed by atoms with Crippen LogP contribution in [0.1, 0.15) is 36.8 Å². The Morgan fingerprint density at radius 3 is 2.90 bits per heavy atom. The third-order valence-electron chi connectivity index (χ3n) is 7.34. The smallest absolute Gasteiger partial charge is 0.223 e. The molecule has 0 aliphatic carbocycles. The van der Waals surface area contributed by atoms with Crippen LogP contribution >= 0.6 is 0 Å². The molecule has 5 nitrogen and oxygen atoms in total. The van der Waals surface area contributed by atoms with E-state index < -0.39 is 0 Å². The first-order valence-corrected chi connectivity index (χ1v) is 11.4. The maximum atomic E-state index is 13.9. The van der Waals surface area contributed by atoms with E-state index in [9.17, 15) is 9.18 Å². The van der Waals surface area contributed by atoms with Crippen molar-refractivity contribution in [3.05, 3.63) is 59.5 Å². The number of carbonyl (C=O) groups excluding carboxylic acids is 1. The lowest BCUT2D eigenvalue weighted by molar-refractivity contribution is -0.152. The first-order chi connectivity index (χ1) is 15.1. The van der Waals surface area contributed by atoms with E-state index in [4.69, 9.17) is 4.74 Å². The van der Waals surface area contributed by atoms with Crippen molar-refractivity contribution in [2.24, 2.45) is 11.8 Å². The predicted octanol–water partition coefficient (Wildman–Crippen LogP) is 3.67. The van der Waals surface area contributed by atoms with Crippen LogP contribution in [0.3, 0.4) is 0 Å². The molecule has 1 aromatic heterocycles. The molecule has 0 unspecified atom stereocenters. The number of amides is 1. The summed E-state index contributed by atoms with van der Waals surface area (Å²) in [5.74, 6) is 1.65. The van der Waals surface area contributed by atoms with Crippen molar-refractivity contribution < 1.29 is 13.9 Å². The summed E-state index contributed by atoms with van der Waals surface area (Å²) in [6.45, 7) is 2.73. The van der Waals surface area contributed by atoms with Crippen LogP contribution in [0.25, 0.3) is 0 Å². The lowest BCUT2D eigenvalue weighted by atomic mass is 9.70. The molecule has 1 amide bonds. The number of hydrogen-bond acceptors (Lipinski definition) is 4. The standard InChI is InChI=1S/C25H30FN3O2/c1-31-25-18(6-4-10-27-25)14-28-15-19-13-20(16-28)23(12-17-5-2-7-21(26)11-17)29-22(19)8-3-9-24(29)30/h2,4-7,10-11,19-20,22-23H,3,8-9,12-16H2,1H3/t19-,20+,22+,23+/m1/s1. The van der Waals surface area contributed by atoms with E-state index >= 15 is 0 Å². The number of aromatic nitrogens is 1. The lowest BCUT2D eigenvalue weighted by Gasteiger charge is -2.57. The van der Waals surface area contributed by atoms with Gasteiger partial charge in [-0.25, -0.2) is 9.37 Å². The minimum atomic E-state index is -0.207. The number of piperidine rings is 3. The van der Waals surface area contributed by atoms with Gasteiger partial charge in [-0.15, -0.1) is 0 Å². The van der Waals surface area contributed by atoms with Crippen LogP contribution in [-0.2, 0) is 17.8 Å². The average Bonchev–Trinajstić information content (AvgIpc) is 2.77. The van der Waals surface area contributed by atoms with Gasteiger partial charge in [0.2, 0.25) is 11.8 Å². The second kappa shape index (κ2) is 8.58. The highest BCUT2D eigenvalue weighted by Crippen LogP contribution is 2.43. The summed E-state index contributed by atoms with van der Waals surface area (Å²) in [5, 5.41) is 0. The summed E-state index contributed by atoms with van der Waals surface area (Å²) < 4.78 is 19.3. The minimum absolute atomic E-state index is 0.134. The van der Waals surface area contributed by atoms with E-state index in [0.717, 1.165) is 56.4 Å². The Labute approximate surface area is 183 Å². The molecule has 0 saturated carbocycles.